The van der Waals surface area contributed by atoms with Gasteiger partial charge in [0, 0.05) is 31.8 Å². The van der Waals surface area contributed by atoms with E-state index in [0.29, 0.717) is 34.6 Å². The quantitative estimate of drug-likeness (QED) is 0.473. The molecule has 0 aliphatic carbocycles. The van der Waals surface area contributed by atoms with Crippen LogP contribution in [0.25, 0.3) is 11.2 Å². The first-order valence-electron chi connectivity index (χ1n) is 9.29. The van der Waals surface area contributed by atoms with Crippen molar-refractivity contribution in [2.24, 2.45) is 14.1 Å². The zero-order valence-corrected chi connectivity index (χ0v) is 16.8. The van der Waals surface area contributed by atoms with Crippen LogP contribution in [-0.2, 0) is 20.6 Å². The number of hydrogen-bond donors (Lipinski definition) is 0. The number of carbonyl (C=O) groups excluding carboxylic acids is 1. The molecule has 152 valence electrons. The monoisotopic (exact) mass is 404 g/mol. The Bertz CT molecular complexity index is 1360. The van der Waals surface area contributed by atoms with E-state index in [2.05, 4.69) is 4.98 Å². The van der Waals surface area contributed by atoms with Crippen molar-refractivity contribution in [3.8, 4) is 5.75 Å². The van der Waals surface area contributed by atoms with Crippen molar-refractivity contribution in [2.75, 3.05) is 7.11 Å². The van der Waals surface area contributed by atoms with E-state index in [1.54, 1.807) is 61.5 Å². The number of fused-ring (bicyclic) bond motifs is 1. The molecule has 0 aliphatic heterocycles. The van der Waals surface area contributed by atoms with Crippen LogP contribution in [-0.4, -0.2) is 31.6 Å². The summed E-state index contributed by atoms with van der Waals surface area (Å²) in [6.45, 7) is 0.390. The van der Waals surface area contributed by atoms with Gasteiger partial charge in [-0.05, 0) is 29.8 Å². The minimum Gasteiger partial charge on any atom is -0.497 e. The maximum Gasteiger partial charge on any atom is 0.332 e. The predicted octanol–water partition coefficient (Wildman–Crippen LogP) is 1.72. The molecule has 8 nitrogen and oxygen atoms in total. The van der Waals surface area contributed by atoms with Crippen molar-refractivity contribution in [2.45, 2.75) is 6.54 Å². The first kappa shape index (κ1) is 19.4. The average Bonchev–Trinajstić information content (AvgIpc) is 3.20. The Labute approximate surface area is 171 Å². The molecule has 30 heavy (non-hydrogen) atoms. The van der Waals surface area contributed by atoms with Crippen LogP contribution < -0.4 is 16.0 Å². The number of nitrogens with zero attached hydrogens (tertiary/aromatic N) is 4. The first-order chi connectivity index (χ1) is 14.4. The molecule has 0 spiro atoms. The Hall–Kier alpha value is -3.94. The highest BCUT2D eigenvalue weighted by Gasteiger charge is 2.15. The van der Waals surface area contributed by atoms with Gasteiger partial charge in [0.05, 0.1) is 13.4 Å². The van der Waals surface area contributed by atoms with Crippen molar-refractivity contribution in [3.05, 3.63) is 92.4 Å². The summed E-state index contributed by atoms with van der Waals surface area (Å²) >= 11 is 0. The van der Waals surface area contributed by atoms with Crippen molar-refractivity contribution < 1.29 is 9.53 Å². The lowest BCUT2D eigenvalue weighted by Gasteiger charge is -2.08. The van der Waals surface area contributed by atoms with Crippen molar-refractivity contribution in [3.63, 3.8) is 0 Å². The third-order valence-corrected chi connectivity index (χ3v) is 5.14. The van der Waals surface area contributed by atoms with Gasteiger partial charge in [-0.25, -0.2) is 9.78 Å². The van der Waals surface area contributed by atoms with Crippen molar-refractivity contribution >= 4 is 16.9 Å². The normalized spacial score (nSPS) is 11.0. The summed E-state index contributed by atoms with van der Waals surface area (Å²) in [5.41, 5.74) is 1.94. The highest BCUT2D eigenvalue weighted by molar-refractivity contribution is 6.09. The molecule has 0 atom stereocenters. The molecule has 8 heteroatoms. The molecule has 0 bridgehead atoms. The lowest BCUT2D eigenvalue weighted by atomic mass is 10.0. The van der Waals surface area contributed by atoms with E-state index in [-0.39, 0.29) is 5.78 Å². The Morgan fingerprint density at radius 2 is 1.53 bits per heavy atom. The highest BCUT2D eigenvalue weighted by Crippen LogP contribution is 2.16. The van der Waals surface area contributed by atoms with E-state index in [1.165, 1.54) is 11.6 Å². The van der Waals surface area contributed by atoms with E-state index in [1.807, 2.05) is 12.1 Å². The number of aryl methyl sites for hydroxylation is 1. The summed E-state index contributed by atoms with van der Waals surface area (Å²) in [6.07, 6.45) is 1.54. The standard InChI is InChI=1S/C22H20N4O4/c1-24-20-18(21(28)25(2)22(24)29)26(13-23-20)12-14-4-6-15(7-5-14)19(27)16-8-10-17(30-3)11-9-16/h4-11,13H,12H2,1-3H3. The zero-order chi connectivity index (χ0) is 21.4. The zero-order valence-electron chi connectivity index (χ0n) is 16.8. The van der Waals surface area contributed by atoms with Crippen molar-refractivity contribution in [1.29, 1.82) is 0 Å². The third-order valence-electron chi connectivity index (χ3n) is 5.14. The van der Waals surface area contributed by atoms with E-state index in [9.17, 15) is 14.4 Å². The maximum absolute atomic E-state index is 12.7. The predicted molar refractivity (Wildman–Crippen MR) is 112 cm³/mol. The van der Waals surface area contributed by atoms with Crippen LogP contribution in [0.15, 0.2) is 64.4 Å². The van der Waals surface area contributed by atoms with Gasteiger partial charge in [0.1, 0.15) is 5.75 Å². The topological polar surface area (TPSA) is 88.1 Å². The Kier molecular flexibility index (Phi) is 4.83. The molecule has 0 radical (unpaired) electrons. The van der Waals surface area contributed by atoms with Crippen LogP contribution in [0.4, 0.5) is 0 Å². The van der Waals surface area contributed by atoms with E-state index < -0.39 is 11.2 Å². The molecule has 2 heterocycles. The van der Waals surface area contributed by atoms with Crippen LogP contribution >= 0.6 is 0 Å². The largest absolute Gasteiger partial charge is 0.497 e. The Morgan fingerprint density at radius 1 is 0.933 bits per heavy atom. The van der Waals surface area contributed by atoms with Crippen LogP contribution in [0.1, 0.15) is 21.5 Å². The van der Waals surface area contributed by atoms with E-state index >= 15 is 0 Å². The number of rotatable bonds is 5. The minimum absolute atomic E-state index is 0.0823. The van der Waals surface area contributed by atoms with E-state index in [0.717, 1.165) is 10.1 Å². The molecule has 4 rings (SSSR count). The van der Waals surface area contributed by atoms with Gasteiger partial charge in [0.25, 0.3) is 5.56 Å². The second kappa shape index (κ2) is 7.47. The van der Waals surface area contributed by atoms with Crippen LogP contribution in [0, 0.1) is 0 Å². The molecule has 2 aromatic heterocycles. The molecule has 2 aromatic carbocycles. The fraction of sp³-hybridized carbons (Fsp3) is 0.182. The number of carbonyl (C=O) groups is 1. The number of methoxy groups -OCH3 is 1. The van der Waals surface area contributed by atoms with Gasteiger partial charge in [-0.1, -0.05) is 24.3 Å². The Balaban J connectivity index is 1.62. The summed E-state index contributed by atoms with van der Waals surface area (Å²) in [4.78, 5) is 41.5. The number of ether oxygens (including phenoxy) is 1. The average molecular weight is 404 g/mol. The third kappa shape index (κ3) is 3.22. The van der Waals surface area contributed by atoms with Gasteiger partial charge in [-0.15, -0.1) is 0 Å². The summed E-state index contributed by atoms with van der Waals surface area (Å²) < 4.78 is 9.24. The molecule has 0 aliphatic rings. The SMILES string of the molecule is COc1ccc(C(=O)c2ccc(Cn3cnc4c3c(=O)n(C)c(=O)n4C)cc2)cc1. The second-order valence-electron chi connectivity index (χ2n) is 7.00. The summed E-state index contributed by atoms with van der Waals surface area (Å²) in [7, 11) is 4.61. The molecule has 0 saturated heterocycles. The minimum atomic E-state index is -0.417. The van der Waals surface area contributed by atoms with Gasteiger partial charge >= 0.3 is 5.69 Å². The molecule has 0 N–H and O–H groups in total. The maximum atomic E-state index is 12.7. The molecule has 0 fully saturated rings. The lowest BCUT2D eigenvalue weighted by molar-refractivity contribution is 0.103. The van der Waals surface area contributed by atoms with Gasteiger partial charge in [0.15, 0.2) is 16.9 Å². The summed E-state index contributed by atoms with van der Waals surface area (Å²) in [5, 5.41) is 0. The Morgan fingerprint density at radius 3 is 2.13 bits per heavy atom. The number of benzene rings is 2. The number of ketones is 1. The molecular weight excluding hydrogens is 384 g/mol. The lowest BCUT2D eigenvalue weighted by Crippen LogP contribution is -2.37. The van der Waals surface area contributed by atoms with Gasteiger partial charge in [0.2, 0.25) is 0 Å². The first-order valence-corrected chi connectivity index (χ1v) is 9.29. The van der Waals surface area contributed by atoms with Gasteiger partial charge in [-0.2, -0.15) is 0 Å². The molecule has 4 aromatic rings. The number of hydrogen-bond acceptors (Lipinski definition) is 5. The van der Waals surface area contributed by atoms with E-state index in [4.69, 9.17) is 4.74 Å². The van der Waals surface area contributed by atoms with Crippen molar-refractivity contribution in [1.82, 2.24) is 18.7 Å². The van der Waals surface area contributed by atoms with Gasteiger partial charge in [-0.3, -0.25) is 18.7 Å². The fourth-order valence-corrected chi connectivity index (χ4v) is 3.38. The van der Waals surface area contributed by atoms with Gasteiger partial charge < -0.3 is 9.30 Å². The highest BCUT2D eigenvalue weighted by atomic mass is 16.5. The molecule has 0 saturated carbocycles. The van der Waals surface area contributed by atoms with Crippen LogP contribution in [0.5, 0.6) is 5.75 Å². The summed E-state index contributed by atoms with van der Waals surface area (Å²) in [5.74, 6) is 0.610. The summed E-state index contributed by atoms with van der Waals surface area (Å²) in [6, 6.07) is 14.2. The molecular formula is C22H20N4O4. The number of imidazole rings is 1. The second-order valence-corrected chi connectivity index (χ2v) is 7.00. The molecule has 0 amide bonds. The number of aromatic nitrogens is 4. The van der Waals surface area contributed by atoms with Crippen LogP contribution in [0.3, 0.4) is 0 Å². The smallest absolute Gasteiger partial charge is 0.332 e. The molecule has 0 unspecified atom stereocenters. The fourth-order valence-electron chi connectivity index (χ4n) is 3.38. The van der Waals surface area contributed by atoms with Crippen LogP contribution in [0.2, 0.25) is 0 Å².